The molecule has 0 aliphatic rings. The van der Waals surface area contributed by atoms with Gasteiger partial charge in [0.25, 0.3) is 11.8 Å². The zero-order chi connectivity index (χ0) is 19.1. The Morgan fingerprint density at radius 1 is 1.15 bits per heavy atom. The average Bonchev–Trinajstić information content (AvgIpc) is 2.61. The van der Waals surface area contributed by atoms with Gasteiger partial charge in [-0.05, 0) is 59.3 Å². The Bertz CT molecular complexity index is 842. The summed E-state index contributed by atoms with van der Waals surface area (Å²) in [7, 11) is 0. The van der Waals surface area contributed by atoms with Crippen LogP contribution < -0.4 is 10.6 Å². The van der Waals surface area contributed by atoms with Gasteiger partial charge in [-0.25, -0.2) is 0 Å². The molecule has 2 aromatic carbocycles. The third-order valence-corrected chi connectivity index (χ3v) is 4.68. The molecule has 6 nitrogen and oxygen atoms in total. The number of benzene rings is 2. The first-order valence-electron chi connectivity index (χ1n) is 7.61. The van der Waals surface area contributed by atoms with Gasteiger partial charge in [-0.1, -0.05) is 29.8 Å². The molecule has 0 aliphatic carbocycles. The second-order valence-corrected chi connectivity index (χ2v) is 6.90. The molecule has 0 unspecified atom stereocenters. The minimum Gasteiger partial charge on any atom is -0.454 e. The number of anilines is 1. The Kier molecular flexibility index (Phi) is 7.40. The smallest absolute Gasteiger partial charge is 0.325 e. The summed E-state index contributed by atoms with van der Waals surface area (Å²) < 4.78 is 5.62. The van der Waals surface area contributed by atoms with Crippen molar-refractivity contribution in [3.63, 3.8) is 0 Å². The topological polar surface area (TPSA) is 84.5 Å². The summed E-state index contributed by atoms with van der Waals surface area (Å²) >= 11 is 8.01. The van der Waals surface area contributed by atoms with Gasteiger partial charge in [0.15, 0.2) is 6.61 Å². The number of halogens is 2. The van der Waals surface area contributed by atoms with Gasteiger partial charge in [0, 0.05) is 14.3 Å². The van der Waals surface area contributed by atoms with E-state index in [0.717, 1.165) is 9.13 Å². The maximum Gasteiger partial charge on any atom is 0.325 e. The van der Waals surface area contributed by atoms with Crippen molar-refractivity contribution in [2.24, 2.45) is 0 Å². The highest BCUT2D eigenvalue weighted by molar-refractivity contribution is 14.1. The number of aryl methyl sites for hydroxylation is 1. The largest absolute Gasteiger partial charge is 0.454 e. The molecular formula is C18H16ClIN2O4. The summed E-state index contributed by atoms with van der Waals surface area (Å²) in [6.45, 7) is 1.07. The maximum absolute atomic E-state index is 12.0. The quantitative estimate of drug-likeness (QED) is 0.485. The fourth-order valence-corrected chi connectivity index (χ4v) is 2.77. The van der Waals surface area contributed by atoms with Crippen LogP contribution in [-0.4, -0.2) is 30.9 Å². The Morgan fingerprint density at radius 3 is 2.58 bits per heavy atom. The van der Waals surface area contributed by atoms with Crippen LogP contribution in [0.25, 0.3) is 0 Å². The van der Waals surface area contributed by atoms with Gasteiger partial charge in [0.2, 0.25) is 0 Å². The number of hydrogen-bond donors (Lipinski definition) is 2. The molecule has 8 heteroatoms. The zero-order valence-electron chi connectivity index (χ0n) is 13.8. The molecule has 2 N–H and O–H groups in total. The summed E-state index contributed by atoms with van der Waals surface area (Å²) in [5.74, 6) is -1.59. The molecule has 2 rings (SSSR count). The second kappa shape index (κ2) is 9.54. The molecule has 0 radical (unpaired) electrons. The molecule has 0 spiro atoms. The third-order valence-electron chi connectivity index (χ3n) is 3.33. The summed E-state index contributed by atoms with van der Waals surface area (Å²) in [6, 6.07) is 12.1. The zero-order valence-corrected chi connectivity index (χ0v) is 16.8. The number of ether oxygens (including phenoxy) is 1. The second-order valence-electron chi connectivity index (χ2n) is 5.34. The lowest BCUT2D eigenvalue weighted by Crippen LogP contribution is -2.32. The summed E-state index contributed by atoms with van der Waals surface area (Å²) in [5, 5.41) is 5.56. The Balaban J connectivity index is 1.76. The van der Waals surface area contributed by atoms with E-state index in [4.69, 9.17) is 16.3 Å². The van der Waals surface area contributed by atoms with E-state index in [1.165, 1.54) is 0 Å². The lowest BCUT2D eigenvalue weighted by Gasteiger charge is -2.09. The molecule has 2 amide bonds. The average molecular weight is 487 g/mol. The van der Waals surface area contributed by atoms with E-state index in [1.54, 1.807) is 36.4 Å². The minimum atomic E-state index is -0.707. The molecule has 0 fully saturated rings. The van der Waals surface area contributed by atoms with E-state index in [-0.39, 0.29) is 12.5 Å². The van der Waals surface area contributed by atoms with Crippen LogP contribution in [0.3, 0.4) is 0 Å². The normalized spacial score (nSPS) is 10.1. The van der Waals surface area contributed by atoms with Crippen LogP contribution in [0.1, 0.15) is 15.9 Å². The van der Waals surface area contributed by atoms with E-state index < -0.39 is 18.5 Å². The maximum atomic E-state index is 12.0. The monoisotopic (exact) mass is 486 g/mol. The number of rotatable bonds is 6. The van der Waals surface area contributed by atoms with Crippen LogP contribution in [0.2, 0.25) is 5.02 Å². The third kappa shape index (κ3) is 5.99. The van der Waals surface area contributed by atoms with Gasteiger partial charge in [-0.2, -0.15) is 0 Å². The lowest BCUT2D eigenvalue weighted by atomic mass is 10.2. The number of carbonyl (C=O) groups is 3. The predicted octanol–water partition coefficient (Wildman–Crippen LogP) is 3.16. The molecule has 0 saturated carbocycles. The Hall–Kier alpha value is -2.13. The van der Waals surface area contributed by atoms with Crippen LogP contribution in [0.5, 0.6) is 0 Å². The first-order valence-corrected chi connectivity index (χ1v) is 9.07. The lowest BCUT2D eigenvalue weighted by molar-refractivity contribution is -0.146. The highest BCUT2D eigenvalue weighted by atomic mass is 127. The van der Waals surface area contributed by atoms with Crippen LogP contribution in [0.15, 0.2) is 42.5 Å². The molecule has 0 aliphatic heterocycles. The van der Waals surface area contributed by atoms with Gasteiger partial charge in [-0.3, -0.25) is 14.4 Å². The first kappa shape index (κ1) is 20.2. The Morgan fingerprint density at radius 2 is 1.88 bits per heavy atom. The van der Waals surface area contributed by atoms with Crippen molar-refractivity contribution in [2.45, 2.75) is 6.92 Å². The van der Waals surface area contributed by atoms with Gasteiger partial charge in [0.05, 0.1) is 5.56 Å². The van der Waals surface area contributed by atoms with Gasteiger partial charge in [-0.15, -0.1) is 0 Å². The van der Waals surface area contributed by atoms with Crippen molar-refractivity contribution in [3.8, 4) is 0 Å². The van der Waals surface area contributed by atoms with Gasteiger partial charge >= 0.3 is 5.97 Å². The Labute approximate surface area is 169 Å². The van der Waals surface area contributed by atoms with E-state index in [0.29, 0.717) is 16.3 Å². The van der Waals surface area contributed by atoms with E-state index in [1.807, 2.05) is 35.6 Å². The fraction of sp³-hybridized carbons (Fsp3) is 0.167. The van der Waals surface area contributed by atoms with Crippen molar-refractivity contribution in [1.82, 2.24) is 5.32 Å². The van der Waals surface area contributed by atoms with Crippen LogP contribution >= 0.6 is 34.2 Å². The van der Waals surface area contributed by atoms with Crippen molar-refractivity contribution < 1.29 is 19.1 Å². The number of nitrogens with one attached hydrogen (secondary N) is 2. The first-order chi connectivity index (χ1) is 12.4. The highest BCUT2D eigenvalue weighted by Crippen LogP contribution is 2.19. The van der Waals surface area contributed by atoms with Crippen LogP contribution in [0, 0.1) is 10.5 Å². The predicted molar refractivity (Wildman–Crippen MR) is 107 cm³/mol. The van der Waals surface area contributed by atoms with E-state index in [9.17, 15) is 14.4 Å². The molecule has 26 heavy (non-hydrogen) atoms. The molecule has 0 aromatic heterocycles. The highest BCUT2D eigenvalue weighted by Gasteiger charge is 2.13. The summed E-state index contributed by atoms with van der Waals surface area (Å²) in [6.07, 6.45) is 0. The summed E-state index contributed by atoms with van der Waals surface area (Å²) in [5.41, 5.74) is 1.86. The molecule has 0 heterocycles. The number of esters is 1. The number of carbonyl (C=O) groups excluding carboxylic acids is 3. The molecule has 2 aromatic rings. The van der Waals surface area contributed by atoms with Crippen LogP contribution in [0.4, 0.5) is 5.69 Å². The molecule has 0 saturated heterocycles. The van der Waals surface area contributed by atoms with E-state index in [2.05, 4.69) is 10.6 Å². The van der Waals surface area contributed by atoms with Crippen molar-refractivity contribution in [3.05, 3.63) is 62.2 Å². The molecule has 0 atom stereocenters. The summed E-state index contributed by atoms with van der Waals surface area (Å²) in [4.78, 5) is 35.5. The van der Waals surface area contributed by atoms with Gasteiger partial charge in [0.1, 0.15) is 6.54 Å². The minimum absolute atomic E-state index is 0.326. The van der Waals surface area contributed by atoms with Crippen molar-refractivity contribution >= 4 is 57.7 Å². The van der Waals surface area contributed by atoms with E-state index >= 15 is 0 Å². The molecule has 0 bridgehead atoms. The van der Waals surface area contributed by atoms with Gasteiger partial charge < -0.3 is 15.4 Å². The SMILES string of the molecule is Cc1ccc(NC(=O)COC(=O)CNC(=O)c2ccccc2I)cc1Cl. The standard InChI is InChI=1S/C18H16ClIN2O4/c1-11-6-7-12(8-14(11)19)22-16(23)10-26-17(24)9-21-18(25)13-4-2-3-5-15(13)20/h2-8H,9-10H2,1H3,(H,21,25)(H,22,23). The molecular weight excluding hydrogens is 471 g/mol. The van der Waals surface area contributed by atoms with Crippen LogP contribution in [-0.2, 0) is 14.3 Å². The van der Waals surface area contributed by atoms with Crippen molar-refractivity contribution in [2.75, 3.05) is 18.5 Å². The fourth-order valence-electron chi connectivity index (χ4n) is 1.96. The molecule has 136 valence electrons. The number of hydrogen-bond acceptors (Lipinski definition) is 4. The van der Waals surface area contributed by atoms with Crippen molar-refractivity contribution in [1.29, 1.82) is 0 Å². The number of amides is 2.